The van der Waals surface area contributed by atoms with E-state index in [0.29, 0.717) is 5.56 Å². The van der Waals surface area contributed by atoms with Gasteiger partial charge in [-0.05, 0) is 12.5 Å². The van der Waals surface area contributed by atoms with Gasteiger partial charge < -0.3 is 14.0 Å². The first-order chi connectivity index (χ1) is 14.8. The Labute approximate surface area is 173 Å². The van der Waals surface area contributed by atoms with Crippen LogP contribution in [0.1, 0.15) is 35.3 Å². The lowest BCUT2D eigenvalue weighted by molar-refractivity contribution is 0.0524. The van der Waals surface area contributed by atoms with Gasteiger partial charge in [0.1, 0.15) is 18.3 Å². The SMILES string of the molecule is CCOC(=O)c1cn(C2CC2F)c2c(F)c(F)c(F)c(OCc3ccccc3)c2c1=O. The molecule has 2 unspecified atom stereocenters. The summed E-state index contributed by atoms with van der Waals surface area (Å²) >= 11 is 0. The number of ether oxygens (including phenoxy) is 2. The zero-order chi connectivity index (χ0) is 22.3. The Balaban J connectivity index is 1.98. The Bertz CT molecular complexity index is 1230. The van der Waals surface area contributed by atoms with Crippen molar-refractivity contribution < 1.29 is 31.8 Å². The molecule has 5 nitrogen and oxygen atoms in total. The van der Waals surface area contributed by atoms with Crippen LogP contribution in [0.5, 0.6) is 5.75 Å². The van der Waals surface area contributed by atoms with Crippen molar-refractivity contribution in [3.8, 4) is 5.75 Å². The van der Waals surface area contributed by atoms with Crippen LogP contribution in [0.3, 0.4) is 0 Å². The summed E-state index contributed by atoms with van der Waals surface area (Å²) in [7, 11) is 0. The lowest BCUT2D eigenvalue weighted by Crippen LogP contribution is -2.23. The van der Waals surface area contributed by atoms with Crippen LogP contribution in [0.15, 0.2) is 41.3 Å². The number of hydrogen-bond donors (Lipinski definition) is 0. The third kappa shape index (κ3) is 3.64. The van der Waals surface area contributed by atoms with Crippen molar-refractivity contribution in [3.63, 3.8) is 0 Å². The molecule has 1 aromatic heterocycles. The van der Waals surface area contributed by atoms with Crippen LogP contribution in [0.4, 0.5) is 17.6 Å². The van der Waals surface area contributed by atoms with Crippen molar-refractivity contribution >= 4 is 16.9 Å². The number of nitrogens with zero attached hydrogens (tertiary/aromatic N) is 1. The molecule has 0 amide bonds. The average Bonchev–Trinajstić information content (AvgIpc) is 3.49. The Hall–Kier alpha value is -3.36. The van der Waals surface area contributed by atoms with Gasteiger partial charge in [0.15, 0.2) is 17.4 Å². The molecule has 0 spiro atoms. The van der Waals surface area contributed by atoms with Crippen molar-refractivity contribution in [1.29, 1.82) is 0 Å². The number of aromatic nitrogens is 1. The van der Waals surface area contributed by atoms with Gasteiger partial charge in [-0.3, -0.25) is 4.79 Å². The van der Waals surface area contributed by atoms with E-state index >= 15 is 0 Å². The monoisotopic (exact) mass is 435 g/mol. The van der Waals surface area contributed by atoms with Crippen molar-refractivity contribution in [3.05, 3.63) is 75.3 Å². The molecule has 2 aromatic carbocycles. The number of esters is 1. The van der Waals surface area contributed by atoms with Gasteiger partial charge in [0, 0.05) is 12.6 Å². The molecule has 31 heavy (non-hydrogen) atoms. The number of pyridine rings is 1. The lowest BCUT2D eigenvalue weighted by Gasteiger charge is -2.17. The summed E-state index contributed by atoms with van der Waals surface area (Å²) in [6.07, 6.45) is -0.491. The third-order valence-corrected chi connectivity index (χ3v) is 5.01. The van der Waals surface area contributed by atoms with E-state index in [-0.39, 0.29) is 19.6 Å². The minimum atomic E-state index is -1.86. The minimum absolute atomic E-state index is 0.0289. The first kappa shape index (κ1) is 20.9. The fourth-order valence-electron chi connectivity index (χ4n) is 3.40. The molecule has 1 aliphatic carbocycles. The zero-order valence-electron chi connectivity index (χ0n) is 16.3. The van der Waals surface area contributed by atoms with Gasteiger partial charge >= 0.3 is 5.97 Å². The Morgan fingerprint density at radius 1 is 1.13 bits per heavy atom. The number of hydrogen-bond acceptors (Lipinski definition) is 4. The van der Waals surface area contributed by atoms with E-state index in [9.17, 15) is 27.2 Å². The van der Waals surface area contributed by atoms with Gasteiger partial charge in [-0.15, -0.1) is 0 Å². The van der Waals surface area contributed by atoms with Crippen LogP contribution < -0.4 is 10.2 Å². The van der Waals surface area contributed by atoms with Gasteiger partial charge in [0.2, 0.25) is 11.2 Å². The highest BCUT2D eigenvalue weighted by Crippen LogP contribution is 2.43. The molecular weight excluding hydrogens is 418 g/mol. The Kier molecular flexibility index (Phi) is 5.43. The predicted molar refractivity (Wildman–Crippen MR) is 103 cm³/mol. The smallest absolute Gasteiger partial charge is 0.343 e. The molecule has 1 saturated carbocycles. The summed E-state index contributed by atoms with van der Waals surface area (Å²) in [4.78, 5) is 25.3. The van der Waals surface area contributed by atoms with Crippen molar-refractivity contribution in [2.24, 2.45) is 0 Å². The summed E-state index contributed by atoms with van der Waals surface area (Å²) in [5.41, 5.74) is -1.73. The van der Waals surface area contributed by atoms with Crippen LogP contribution in [0.2, 0.25) is 0 Å². The molecule has 162 valence electrons. The summed E-state index contributed by atoms with van der Waals surface area (Å²) in [6, 6.07) is 7.50. The van der Waals surface area contributed by atoms with Crippen molar-refractivity contribution in [1.82, 2.24) is 4.57 Å². The maximum absolute atomic E-state index is 14.8. The van der Waals surface area contributed by atoms with E-state index in [1.54, 1.807) is 30.3 Å². The molecule has 1 aliphatic rings. The summed E-state index contributed by atoms with van der Waals surface area (Å²) in [6.45, 7) is 1.20. The lowest BCUT2D eigenvalue weighted by atomic mass is 10.1. The topological polar surface area (TPSA) is 57.5 Å². The number of fused-ring (bicyclic) bond motifs is 1. The Morgan fingerprint density at radius 2 is 1.81 bits per heavy atom. The maximum Gasteiger partial charge on any atom is 0.343 e. The first-order valence-corrected chi connectivity index (χ1v) is 9.58. The molecule has 0 bridgehead atoms. The largest absolute Gasteiger partial charge is 0.485 e. The number of alkyl halides is 1. The zero-order valence-corrected chi connectivity index (χ0v) is 16.3. The minimum Gasteiger partial charge on any atom is -0.485 e. The molecule has 2 atom stereocenters. The number of carbonyl (C=O) groups excluding carboxylic acids is 1. The normalized spacial score (nSPS) is 17.6. The Morgan fingerprint density at radius 3 is 2.42 bits per heavy atom. The predicted octanol–water partition coefficient (Wildman–Crippen LogP) is 4.46. The van der Waals surface area contributed by atoms with Gasteiger partial charge in [-0.1, -0.05) is 30.3 Å². The fourth-order valence-corrected chi connectivity index (χ4v) is 3.40. The molecule has 0 aliphatic heterocycles. The van der Waals surface area contributed by atoms with E-state index in [2.05, 4.69) is 0 Å². The number of rotatable bonds is 6. The van der Waals surface area contributed by atoms with Crippen molar-refractivity contribution in [2.75, 3.05) is 6.61 Å². The van der Waals surface area contributed by atoms with E-state index in [4.69, 9.17) is 9.47 Å². The van der Waals surface area contributed by atoms with Crippen LogP contribution in [0.25, 0.3) is 10.9 Å². The van der Waals surface area contributed by atoms with Crippen LogP contribution in [-0.2, 0) is 11.3 Å². The summed E-state index contributed by atoms with van der Waals surface area (Å²) in [5.74, 6) is -7.12. The second-order valence-corrected chi connectivity index (χ2v) is 7.09. The molecule has 1 fully saturated rings. The van der Waals surface area contributed by atoms with E-state index in [0.717, 1.165) is 10.8 Å². The summed E-state index contributed by atoms with van der Waals surface area (Å²) in [5, 5.41) is -0.683. The average molecular weight is 435 g/mol. The molecule has 0 N–H and O–H groups in total. The number of benzene rings is 2. The van der Waals surface area contributed by atoms with Gasteiger partial charge in [0.05, 0.1) is 23.6 Å². The number of carbonyl (C=O) groups is 1. The quantitative estimate of drug-likeness (QED) is 0.326. The molecule has 0 saturated heterocycles. The second-order valence-electron chi connectivity index (χ2n) is 7.09. The maximum atomic E-state index is 14.8. The highest BCUT2D eigenvalue weighted by Gasteiger charge is 2.42. The molecule has 9 heteroatoms. The van der Waals surface area contributed by atoms with Gasteiger partial charge in [0.25, 0.3) is 0 Å². The van der Waals surface area contributed by atoms with E-state index < -0.39 is 63.3 Å². The first-order valence-electron chi connectivity index (χ1n) is 9.58. The third-order valence-electron chi connectivity index (χ3n) is 5.01. The highest BCUT2D eigenvalue weighted by atomic mass is 19.2. The van der Waals surface area contributed by atoms with E-state index in [1.807, 2.05) is 0 Å². The standard InChI is InChI=1S/C22H17F4NO4/c1-2-30-22(29)12-9-27(14-8-13(14)23)19-15(20(12)28)21(18(26)16(24)17(19)25)31-10-11-6-4-3-5-7-11/h3-7,9,13-14H,2,8,10H2,1H3. The van der Waals surface area contributed by atoms with E-state index in [1.165, 1.54) is 6.92 Å². The molecular formula is C22H17F4NO4. The van der Waals surface area contributed by atoms with Crippen LogP contribution in [0, 0.1) is 17.5 Å². The van der Waals surface area contributed by atoms with Gasteiger partial charge in [-0.25, -0.2) is 18.0 Å². The highest BCUT2D eigenvalue weighted by molar-refractivity contribution is 5.96. The molecule has 3 aromatic rings. The van der Waals surface area contributed by atoms with Crippen molar-refractivity contribution in [2.45, 2.75) is 32.2 Å². The summed E-state index contributed by atoms with van der Waals surface area (Å²) < 4.78 is 68.9. The molecule has 0 radical (unpaired) electrons. The van der Waals surface area contributed by atoms with Crippen LogP contribution in [-0.4, -0.2) is 23.3 Å². The van der Waals surface area contributed by atoms with Crippen LogP contribution >= 0.6 is 0 Å². The second kappa shape index (κ2) is 8.05. The fraction of sp³-hybridized carbons (Fsp3) is 0.273. The van der Waals surface area contributed by atoms with Gasteiger partial charge in [-0.2, -0.15) is 4.39 Å². The number of halogens is 4. The molecule has 1 heterocycles. The molecule has 4 rings (SSSR count).